The molecule has 94 valence electrons. The lowest BCUT2D eigenvalue weighted by Crippen LogP contribution is -1.98. The van der Waals surface area contributed by atoms with Crippen LogP contribution in [0.2, 0.25) is 0 Å². The van der Waals surface area contributed by atoms with E-state index in [1.54, 1.807) is 19.3 Å². The fraction of sp³-hybridized carbons (Fsp3) is 0.167. The molecule has 0 fully saturated rings. The van der Waals surface area contributed by atoms with Gasteiger partial charge in [-0.25, -0.2) is 14.1 Å². The smallest absolute Gasteiger partial charge is 0.221 e. The Morgan fingerprint density at radius 1 is 1.44 bits per heavy atom. The summed E-state index contributed by atoms with van der Waals surface area (Å²) < 4.78 is 15.9. The van der Waals surface area contributed by atoms with E-state index in [9.17, 15) is 4.39 Å². The molecule has 6 heteroatoms. The molecule has 0 unspecified atom stereocenters. The van der Waals surface area contributed by atoms with Gasteiger partial charge in [0.05, 0.1) is 18.1 Å². The highest BCUT2D eigenvalue weighted by Gasteiger charge is 2.04. The first-order valence-electron chi connectivity index (χ1n) is 5.29. The predicted molar refractivity (Wildman–Crippen MR) is 78.2 cm³/mol. The average Bonchev–Trinajstić information content (AvgIpc) is 2.62. The maximum Gasteiger partial charge on any atom is 0.221 e. The first-order valence-corrected chi connectivity index (χ1v) is 6.36. The zero-order valence-electron chi connectivity index (χ0n) is 9.98. The number of nitrogens with two attached hydrogens (primary N) is 1. The summed E-state index contributed by atoms with van der Waals surface area (Å²) >= 11 is 2.10. The summed E-state index contributed by atoms with van der Waals surface area (Å²) in [5.41, 5.74) is 7.77. The van der Waals surface area contributed by atoms with Crippen LogP contribution in [0, 0.1) is 23.2 Å². The Morgan fingerprint density at radius 3 is 2.72 bits per heavy atom. The van der Waals surface area contributed by atoms with Gasteiger partial charge in [0, 0.05) is 3.57 Å². The lowest BCUT2D eigenvalue weighted by Gasteiger charge is -2.02. The molecule has 0 saturated heterocycles. The Labute approximate surface area is 118 Å². The van der Waals surface area contributed by atoms with E-state index in [-0.39, 0.29) is 5.82 Å². The van der Waals surface area contributed by atoms with E-state index in [0.29, 0.717) is 17.1 Å². The molecule has 0 bridgehead atoms. The second-order valence-corrected chi connectivity index (χ2v) is 5.10. The third kappa shape index (κ3) is 2.69. The molecule has 0 aliphatic carbocycles. The Bertz CT molecular complexity index is 596. The number of aryl methyl sites for hydroxylation is 1. The molecule has 4 nitrogen and oxygen atoms in total. The number of nitrogen functional groups attached to an aromatic ring is 1. The van der Waals surface area contributed by atoms with Gasteiger partial charge >= 0.3 is 0 Å². The summed E-state index contributed by atoms with van der Waals surface area (Å²) in [5, 5.41) is 4.14. The molecule has 1 aromatic heterocycles. The Hall–Kier alpha value is -1.44. The molecule has 1 aromatic carbocycles. The van der Waals surface area contributed by atoms with Gasteiger partial charge in [-0.05, 0) is 59.7 Å². The van der Waals surface area contributed by atoms with Crippen LogP contribution in [-0.4, -0.2) is 15.9 Å². The van der Waals surface area contributed by atoms with E-state index in [2.05, 4.69) is 32.7 Å². The number of hydrogen-bond donors (Lipinski definition) is 1. The Balaban J connectivity index is 2.32. The van der Waals surface area contributed by atoms with Crippen molar-refractivity contribution in [3.63, 3.8) is 0 Å². The van der Waals surface area contributed by atoms with E-state index in [1.807, 2.05) is 13.0 Å². The molecule has 0 aliphatic heterocycles. The topological polar surface area (TPSA) is 56.2 Å². The molecule has 2 aromatic rings. The fourth-order valence-electron chi connectivity index (χ4n) is 1.46. The largest absolute Gasteiger partial charge is 0.368 e. The van der Waals surface area contributed by atoms with E-state index >= 15 is 0 Å². The molecular weight excluding hydrogens is 346 g/mol. The van der Waals surface area contributed by atoms with Crippen molar-refractivity contribution in [1.82, 2.24) is 9.66 Å². The van der Waals surface area contributed by atoms with Crippen molar-refractivity contribution in [1.29, 1.82) is 0 Å². The molecular formula is C12H12FIN4. The highest BCUT2D eigenvalue weighted by molar-refractivity contribution is 14.1. The van der Waals surface area contributed by atoms with Crippen LogP contribution in [0.15, 0.2) is 23.4 Å². The Morgan fingerprint density at radius 2 is 2.17 bits per heavy atom. The van der Waals surface area contributed by atoms with Crippen molar-refractivity contribution in [2.75, 3.05) is 5.73 Å². The first-order chi connectivity index (χ1) is 8.47. The van der Waals surface area contributed by atoms with Crippen molar-refractivity contribution in [3.05, 3.63) is 44.5 Å². The van der Waals surface area contributed by atoms with Gasteiger partial charge in [0.15, 0.2) is 0 Å². The molecule has 2 rings (SSSR count). The third-order valence-corrected chi connectivity index (χ3v) is 3.59. The fourth-order valence-corrected chi connectivity index (χ4v) is 2.08. The molecule has 0 saturated carbocycles. The van der Waals surface area contributed by atoms with Crippen molar-refractivity contribution in [2.45, 2.75) is 13.8 Å². The zero-order chi connectivity index (χ0) is 13.3. The van der Waals surface area contributed by atoms with Gasteiger partial charge in [0.25, 0.3) is 0 Å². The van der Waals surface area contributed by atoms with Crippen LogP contribution in [0.25, 0.3) is 0 Å². The van der Waals surface area contributed by atoms with Gasteiger partial charge in [-0.15, -0.1) is 0 Å². The van der Waals surface area contributed by atoms with Gasteiger partial charge in [0.2, 0.25) is 5.95 Å². The SMILES string of the molecule is Cc1cn(N=Cc2cc(F)c(C)c(I)c2)c(N)n1. The van der Waals surface area contributed by atoms with E-state index in [4.69, 9.17) is 5.73 Å². The molecule has 18 heavy (non-hydrogen) atoms. The molecule has 1 heterocycles. The minimum Gasteiger partial charge on any atom is -0.368 e. The minimum absolute atomic E-state index is 0.238. The minimum atomic E-state index is -0.238. The Kier molecular flexibility index (Phi) is 3.65. The summed E-state index contributed by atoms with van der Waals surface area (Å²) in [6, 6.07) is 3.31. The van der Waals surface area contributed by atoms with Crippen molar-refractivity contribution in [2.24, 2.45) is 5.10 Å². The zero-order valence-corrected chi connectivity index (χ0v) is 12.1. The average molecular weight is 358 g/mol. The monoisotopic (exact) mass is 358 g/mol. The lowest BCUT2D eigenvalue weighted by atomic mass is 10.1. The van der Waals surface area contributed by atoms with Crippen LogP contribution in [-0.2, 0) is 0 Å². The number of aromatic nitrogens is 2. The van der Waals surface area contributed by atoms with E-state index in [0.717, 1.165) is 9.26 Å². The van der Waals surface area contributed by atoms with Crippen molar-refractivity contribution >= 4 is 34.8 Å². The second kappa shape index (κ2) is 5.05. The van der Waals surface area contributed by atoms with Gasteiger partial charge in [-0.1, -0.05) is 0 Å². The maximum atomic E-state index is 13.5. The van der Waals surface area contributed by atoms with Gasteiger partial charge in [0.1, 0.15) is 5.82 Å². The molecule has 0 atom stereocenters. The van der Waals surface area contributed by atoms with Crippen molar-refractivity contribution < 1.29 is 4.39 Å². The number of nitrogens with zero attached hydrogens (tertiary/aromatic N) is 3. The highest BCUT2D eigenvalue weighted by atomic mass is 127. The second-order valence-electron chi connectivity index (χ2n) is 3.94. The van der Waals surface area contributed by atoms with Gasteiger partial charge in [-0.3, -0.25) is 0 Å². The molecule has 0 amide bonds. The number of halogens is 2. The normalized spacial score (nSPS) is 11.3. The quantitative estimate of drug-likeness (QED) is 0.663. The number of imidazole rings is 1. The number of hydrogen-bond acceptors (Lipinski definition) is 3. The summed E-state index contributed by atoms with van der Waals surface area (Å²) in [6.45, 7) is 3.58. The maximum absolute atomic E-state index is 13.5. The highest BCUT2D eigenvalue weighted by Crippen LogP contribution is 2.16. The molecule has 0 spiro atoms. The first kappa shape index (κ1) is 13.0. The number of rotatable bonds is 2. The van der Waals surface area contributed by atoms with Crippen LogP contribution >= 0.6 is 22.6 Å². The molecule has 0 aliphatic rings. The van der Waals surface area contributed by atoms with Gasteiger partial charge in [-0.2, -0.15) is 5.10 Å². The van der Waals surface area contributed by atoms with Crippen LogP contribution in [0.4, 0.5) is 10.3 Å². The van der Waals surface area contributed by atoms with Gasteiger partial charge < -0.3 is 5.73 Å². The van der Waals surface area contributed by atoms with E-state index < -0.39 is 0 Å². The summed E-state index contributed by atoms with van der Waals surface area (Å²) in [4.78, 5) is 4.02. The van der Waals surface area contributed by atoms with Crippen LogP contribution in [0.1, 0.15) is 16.8 Å². The number of benzene rings is 1. The predicted octanol–water partition coefficient (Wildman–Crippen LogP) is 2.71. The van der Waals surface area contributed by atoms with Crippen LogP contribution in [0.5, 0.6) is 0 Å². The van der Waals surface area contributed by atoms with Crippen molar-refractivity contribution in [3.8, 4) is 0 Å². The molecule has 2 N–H and O–H groups in total. The van der Waals surface area contributed by atoms with Crippen LogP contribution in [0.3, 0.4) is 0 Å². The molecule has 0 radical (unpaired) electrons. The number of anilines is 1. The summed E-state index contributed by atoms with van der Waals surface area (Å²) in [6.07, 6.45) is 3.27. The summed E-state index contributed by atoms with van der Waals surface area (Å²) in [7, 11) is 0. The standard InChI is InChI=1S/C12H12FIN4/c1-7-6-18(12(15)17-7)16-5-9-3-10(13)8(2)11(14)4-9/h3-6H,1-2H3,(H2,15,17). The van der Waals surface area contributed by atoms with E-state index in [1.165, 1.54) is 10.7 Å². The lowest BCUT2D eigenvalue weighted by molar-refractivity contribution is 0.617. The third-order valence-electron chi connectivity index (χ3n) is 2.47. The summed E-state index contributed by atoms with van der Waals surface area (Å²) in [5.74, 6) is 0.0733. The van der Waals surface area contributed by atoms with Crippen LogP contribution < -0.4 is 5.73 Å².